The standard InChI is InChI=1S/C10H15N3O2/c1-10(2,3)5-6-13-7-8(11-12-13)9(14)15-4/h5-7H,1-4H3/b6-5+. The lowest BCUT2D eigenvalue weighted by molar-refractivity contribution is 0.0594. The number of ether oxygens (including phenoxy) is 1. The predicted octanol–water partition coefficient (Wildman–Crippen LogP) is 1.58. The van der Waals surface area contributed by atoms with Gasteiger partial charge in [-0.25, -0.2) is 9.48 Å². The number of methoxy groups -OCH3 is 1. The molecule has 0 aliphatic rings. The van der Waals surface area contributed by atoms with Gasteiger partial charge in [0.1, 0.15) is 0 Å². The minimum absolute atomic E-state index is 0.0668. The number of hydrogen-bond donors (Lipinski definition) is 0. The molecule has 0 aliphatic heterocycles. The molecule has 0 N–H and O–H groups in total. The molecule has 5 nitrogen and oxygen atoms in total. The summed E-state index contributed by atoms with van der Waals surface area (Å²) in [6.45, 7) is 6.21. The number of carbonyl (C=O) groups is 1. The molecule has 1 aromatic heterocycles. The zero-order chi connectivity index (χ0) is 11.5. The van der Waals surface area contributed by atoms with Gasteiger partial charge in [0.15, 0.2) is 5.69 Å². The number of esters is 1. The lowest BCUT2D eigenvalue weighted by Gasteiger charge is -2.10. The second-order valence-electron chi connectivity index (χ2n) is 4.26. The molecular formula is C10H15N3O2. The molecule has 5 heteroatoms. The first kappa shape index (κ1) is 11.4. The Morgan fingerprint density at radius 1 is 1.53 bits per heavy atom. The van der Waals surface area contributed by atoms with Gasteiger partial charge in [0.2, 0.25) is 0 Å². The normalized spacial score (nSPS) is 12.0. The van der Waals surface area contributed by atoms with Crippen LogP contribution in [-0.2, 0) is 4.74 Å². The van der Waals surface area contributed by atoms with Crippen molar-refractivity contribution in [2.75, 3.05) is 7.11 Å². The summed E-state index contributed by atoms with van der Waals surface area (Å²) in [5.41, 5.74) is 0.272. The molecule has 1 aromatic rings. The van der Waals surface area contributed by atoms with Gasteiger partial charge >= 0.3 is 5.97 Å². The zero-order valence-corrected chi connectivity index (χ0v) is 9.39. The van der Waals surface area contributed by atoms with Crippen molar-refractivity contribution < 1.29 is 9.53 Å². The van der Waals surface area contributed by atoms with Crippen LogP contribution in [0.1, 0.15) is 31.3 Å². The Hall–Kier alpha value is -1.65. The fourth-order valence-corrected chi connectivity index (χ4v) is 0.848. The molecule has 0 fully saturated rings. The van der Waals surface area contributed by atoms with Crippen molar-refractivity contribution in [2.24, 2.45) is 5.41 Å². The Labute approximate surface area is 88.7 Å². The van der Waals surface area contributed by atoms with Crippen LogP contribution in [0.5, 0.6) is 0 Å². The Balaban J connectivity index is 2.77. The molecular weight excluding hydrogens is 194 g/mol. The molecule has 0 saturated heterocycles. The number of rotatable bonds is 2. The molecule has 0 aromatic carbocycles. The van der Waals surface area contributed by atoms with Crippen LogP contribution in [-0.4, -0.2) is 28.1 Å². The van der Waals surface area contributed by atoms with E-state index >= 15 is 0 Å². The summed E-state index contributed by atoms with van der Waals surface area (Å²) in [6, 6.07) is 0. The van der Waals surface area contributed by atoms with E-state index in [4.69, 9.17) is 0 Å². The van der Waals surface area contributed by atoms with Crippen LogP contribution in [0, 0.1) is 5.41 Å². The van der Waals surface area contributed by atoms with E-state index < -0.39 is 5.97 Å². The first-order valence-corrected chi connectivity index (χ1v) is 4.62. The summed E-state index contributed by atoms with van der Waals surface area (Å²) < 4.78 is 6.00. The quantitative estimate of drug-likeness (QED) is 0.694. The first-order chi connectivity index (χ1) is 6.92. The van der Waals surface area contributed by atoms with E-state index in [1.165, 1.54) is 18.0 Å². The number of allylic oxidation sites excluding steroid dienone is 1. The van der Waals surface area contributed by atoms with Crippen molar-refractivity contribution in [1.29, 1.82) is 0 Å². The van der Waals surface area contributed by atoms with Gasteiger partial charge in [0.05, 0.1) is 13.3 Å². The van der Waals surface area contributed by atoms with Gasteiger partial charge in [-0.1, -0.05) is 32.1 Å². The van der Waals surface area contributed by atoms with E-state index in [0.717, 1.165) is 0 Å². The number of hydrogen-bond acceptors (Lipinski definition) is 4. The first-order valence-electron chi connectivity index (χ1n) is 4.62. The molecule has 82 valence electrons. The summed E-state index contributed by atoms with van der Waals surface area (Å²) >= 11 is 0. The third-order valence-electron chi connectivity index (χ3n) is 1.63. The lowest BCUT2D eigenvalue weighted by atomic mass is 9.97. The summed E-state index contributed by atoms with van der Waals surface area (Å²) in [7, 11) is 1.31. The van der Waals surface area contributed by atoms with Crippen LogP contribution < -0.4 is 0 Å². The van der Waals surface area contributed by atoms with Crippen molar-refractivity contribution in [3.8, 4) is 0 Å². The molecule has 0 saturated carbocycles. The predicted molar refractivity (Wildman–Crippen MR) is 56.1 cm³/mol. The van der Waals surface area contributed by atoms with Crippen molar-refractivity contribution >= 4 is 12.2 Å². The largest absolute Gasteiger partial charge is 0.464 e. The Bertz CT molecular complexity index is 374. The molecule has 15 heavy (non-hydrogen) atoms. The third-order valence-corrected chi connectivity index (χ3v) is 1.63. The minimum Gasteiger partial charge on any atom is -0.464 e. The monoisotopic (exact) mass is 209 g/mol. The van der Waals surface area contributed by atoms with Crippen LogP contribution in [0.3, 0.4) is 0 Å². The van der Waals surface area contributed by atoms with Crippen LogP contribution in [0.2, 0.25) is 0 Å². The zero-order valence-electron chi connectivity index (χ0n) is 9.39. The minimum atomic E-state index is -0.481. The van der Waals surface area contributed by atoms with Crippen LogP contribution >= 0.6 is 0 Å². The topological polar surface area (TPSA) is 57.0 Å². The maximum absolute atomic E-state index is 11.1. The van der Waals surface area contributed by atoms with Crippen LogP contribution in [0.15, 0.2) is 12.3 Å². The highest BCUT2D eigenvalue weighted by Gasteiger charge is 2.10. The van der Waals surface area contributed by atoms with Gasteiger partial charge < -0.3 is 4.74 Å². The van der Waals surface area contributed by atoms with Gasteiger partial charge in [0, 0.05) is 6.20 Å². The Morgan fingerprint density at radius 2 is 2.20 bits per heavy atom. The van der Waals surface area contributed by atoms with Crippen LogP contribution in [0.25, 0.3) is 6.20 Å². The molecule has 0 spiro atoms. The summed E-state index contributed by atoms with van der Waals surface area (Å²) in [6.07, 6.45) is 5.26. The maximum Gasteiger partial charge on any atom is 0.360 e. The average Bonchev–Trinajstić information content (AvgIpc) is 2.61. The summed E-state index contributed by atoms with van der Waals surface area (Å²) in [5, 5.41) is 7.44. The fraction of sp³-hybridized carbons (Fsp3) is 0.500. The summed E-state index contributed by atoms with van der Waals surface area (Å²) in [5.74, 6) is -0.481. The maximum atomic E-state index is 11.1. The highest BCUT2D eigenvalue weighted by Crippen LogP contribution is 2.14. The Kier molecular flexibility index (Phi) is 3.24. The second-order valence-corrected chi connectivity index (χ2v) is 4.26. The van der Waals surface area contributed by atoms with Crippen molar-refractivity contribution in [2.45, 2.75) is 20.8 Å². The van der Waals surface area contributed by atoms with Gasteiger partial charge in [-0.3, -0.25) is 0 Å². The number of nitrogens with zero attached hydrogens (tertiary/aromatic N) is 3. The smallest absolute Gasteiger partial charge is 0.360 e. The second kappa shape index (κ2) is 4.25. The number of carbonyl (C=O) groups excluding carboxylic acids is 1. The SMILES string of the molecule is COC(=O)c1cn(/C=C/C(C)(C)C)nn1. The van der Waals surface area contributed by atoms with Gasteiger partial charge in [-0.05, 0) is 5.41 Å². The van der Waals surface area contributed by atoms with Gasteiger partial charge in [0.25, 0.3) is 0 Å². The highest BCUT2D eigenvalue weighted by molar-refractivity contribution is 5.86. The van der Waals surface area contributed by atoms with Crippen LogP contribution in [0.4, 0.5) is 0 Å². The molecule has 1 rings (SSSR count). The highest BCUT2D eigenvalue weighted by atomic mass is 16.5. The van der Waals surface area contributed by atoms with Crippen molar-refractivity contribution in [3.63, 3.8) is 0 Å². The molecule has 1 heterocycles. The van der Waals surface area contributed by atoms with E-state index in [0.29, 0.717) is 0 Å². The van der Waals surface area contributed by atoms with Crippen molar-refractivity contribution in [1.82, 2.24) is 15.0 Å². The fourth-order valence-electron chi connectivity index (χ4n) is 0.848. The molecule has 0 aliphatic carbocycles. The van der Waals surface area contributed by atoms with Gasteiger partial charge in [-0.2, -0.15) is 0 Å². The summed E-state index contributed by atoms with van der Waals surface area (Å²) in [4.78, 5) is 11.1. The van der Waals surface area contributed by atoms with E-state index in [1.807, 2.05) is 6.08 Å². The van der Waals surface area contributed by atoms with E-state index in [9.17, 15) is 4.79 Å². The van der Waals surface area contributed by atoms with E-state index in [2.05, 4.69) is 35.8 Å². The molecule has 0 radical (unpaired) electrons. The van der Waals surface area contributed by atoms with E-state index in [1.54, 1.807) is 6.20 Å². The molecule has 0 atom stereocenters. The Morgan fingerprint density at radius 3 is 2.73 bits per heavy atom. The molecule has 0 unspecified atom stereocenters. The molecule has 0 amide bonds. The number of aromatic nitrogens is 3. The van der Waals surface area contributed by atoms with E-state index in [-0.39, 0.29) is 11.1 Å². The average molecular weight is 209 g/mol. The van der Waals surface area contributed by atoms with Crippen molar-refractivity contribution in [3.05, 3.63) is 18.0 Å². The lowest BCUT2D eigenvalue weighted by Crippen LogP contribution is -2.01. The third kappa shape index (κ3) is 3.53. The molecule has 0 bridgehead atoms. The van der Waals surface area contributed by atoms with Gasteiger partial charge in [-0.15, -0.1) is 5.10 Å².